The SMILES string of the molecule is Cl.N[C@@H](CO)CN1C(=O)C(NC(=O)Nc2ccccc2)C(=O)N(CC23CC4CC(CC(C4)C2)C3)c2ccccc21. The first-order valence-electron chi connectivity index (χ1n) is 14.0. The molecule has 214 valence electrons. The number of anilines is 3. The van der Waals surface area contributed by atoms with Crippen LogP contribution in [0.4, 0.5) is 21.9 Å². The van der Waals surface area contributed by atoms with Crippen LogP contribution in [0.25, 0.3) is 0 Å². The summed E-state index contributed by atoms with van der Waals surface area (Å²) >= 11 is 0. The topological polar surface area (TPSA) is 128 Å². The molecule has 7 rings (SSSR count). The number of nitrogens with one attached hydrogen (secondary N) is 2. The highest BCUT2D eigenvalue weighted by atomic mass is 35.5. The van der Waals surface area contributed by atoms with Crippen molar-refractivity contribution in [1.82, 2.24) is 5.32 Å². The van der Waals surface area contributed by atoms with Gasteiger partial charge in [-0.3, -0.25) is 9.59 Å². The Morgan fingerprint density at radius 3 is 2.00 bits per heavy atom. The molecule has 0 spiro atoms. The minimum absolute atomic E-state index is 0. The second kappa shape index (κ2) is 11.4. The predicted molar refractivity (Wildman–Crippen MR) is 156 cm³/mol. The van der Waals surface area contributed by atoms with E-state index in [0.717, 1.165) is 19.3 Å². The number of amides is 4. The van der Waals surface area contributed by atoms with Crippen molar-refractivity contribution in [3.8, 4) is 0 Å². The molecule has 4 bridgehead atoms. The fourth-order valence-electron chi connectivity index (χ4n) is 7.98. The number of carbonyl (C=O) groups is 3. The van der Waals surface area contributed by atoms with E-state index >= 15 is 0 Å². The summed E-state index contributed by atoms with van der Waals surface area (Å²) in [5.41, 5.74) is 7.87. The lowest BCUT2D eigenvalue weighted by atomic mass is 9.49. The zero-order valence-electron chi connectivity index (χ0n) is 22.5. The molecule has 0 radical (unpaired) electrons. The van der Waals surface area contributed by atoms with E-state index in [1.165, 1.54) is 24.2 Å². The average molecular weight is 568 g/mol. The number of urea groups is 1. The van der Waals surface area contributed by atoms with E-state index in [1.54, 1.807) is 29.2 Å². The molecule has 40 heavy (non-hydrogen) atoms. The summed E-state index contributed by atoms with van der Waals surface area (Å²) < 4.78 is 0. The number of carbonyl (C=O) groups excluding carboxylic acids is 3. The van der Waals surface area contributed by atoms with Crippen molar-refractivity contribution >= 4 is 47.3 Å². The van der Waals surface area contributed by atoms with Crippen LogP contribution in [0.2, 0.25) is 0 Å². The van der Waals surface area contributed by atoms with Crippen molar-refractivity contribution in [3.63, 3.8) is 0 Å². The molecule has 2 aromatic carbocycles. The zero-order valence-corrected chi connectivity index (χ0v) is 23.3. The average Bonchev–Trinajstić information content (AvgIpc) is 2.99. The molecule has 4 aliphatic carbocycles. The van der Waals surface area contributed by atoms with E-state index < -0.39 is 29.9 Å². The van der Waals surface area contributed by atoms with Crippen LogP contribution in [0.1, 0.15) is 38.5 Å². The number of aliphatic hydroxyl groups excluding tert-OH is 1. The van der Waals surface area contributed by atoms with Gasteiger partial charge in [-0.2, -0.15) is 0 Å². The van der Waals surface area contributed by atoms with Gasteiger partial charge in [0.15, 0.2) is 6.04 Å². The molecule has 0 saturated heterocycles. The quantitative estimate of drug-likeness (QED) is 0.381. The monoisotopic (exact) mass is 567 g/mol. The molecular weight excluding hydrogens is 530 g/mol. The number of halogens is 1. The van der Waals surface area contributed by atoms with Crippen molar-refractivity contribution in [2.45, 2.75) is 50.6 Å². The van der Waals surface area contributed by atoms with Crippen LogP contribution in [0.15, 0.2) is 54.6 Å². The molecule has 1 aliphatic heterocycles. The van der Waals surface area contributed by atoms with E-state index in [1.807, 2.05) is 30.3 Å². The van der Waals surface area contributed by atoms with Crippen molar-refractivity contribution < 1.29 is 19.5 Å². The van der Waals surface area contributed by atoms with E-state index in [4.69, 9.17) is 5.73 Å². The largest absolute Gasteiger partial charge is 0.395 e. The maximum atomic E-state index is 14.3. The van der Waals surface area contributed by atoms with Gasteiger partial charge in [-0.15, -0.1) is 12.4 Å². The Balaban J connectivity index is 0.00000323. The minimum atomic E-state index is -1.43. The summed E-state index contributed by atoms with van der Waals surface area (Å²) in [6.07, 6.45) is 7.18. The Morgan fingerprint density at radius 1 is 0.900 bits per heavy atom. The van der Waals surface area contributed by atoms with E-state index in [0.29, 0.717) is 41.4 Å². The number of nitrogens with two attached hydrogens (primary N) is 1. The number of rotatable bonds is 7. The van der Waals surface area contributed by atoms with Gasteiger partial charge in [0.1, 0.15) is 0 Å². The summed E-state index contributed by atoms with van der Waals surface area (Å²) in [4.78, 5) is 44.5. The number of nitrogens with zero attached hydrogens (tertiary/aromatic N) is 2. The van der Waals surface area contributed by atoms with Crippen LogP contribution in [0, 0.1) is 23.2 Å². The number of benzene rings is 2. The molecule has 10 heteroatoms. The maximum Gasteiger partial charge on any atom is 0.320 e. The smallest absolute Gasteiger partial charge is 0.320 e. The van der Waals surface area contributed by atoms with Gasteiger partial charge < -0.3 is 31.3 Å². The molecule has 2 atom stereocenters. The highest BCUT2D eigenvalue weighted by Gasteiger charge is 2.53. The van der Waals surface area contributed by atoms with E-state index in [9.17, 15) is 19.5 Å². The fourth-order valence-corrected chi connectivity index (χ4v) is 7.98. The molecule has 5 aliphatic rings. The summed E-state index contributed by atoms with van der Waals surface area (Å²) in [6, 6.07) is 13.5. The molecule has 4 saturated carbocycles. The Labute approximate surface area is 240 Å². The molecular formula is C30H38ClN5O4. The third-order valence-electron chi connectivity index (χ3n) is 9.11. The minimum Gasteiger partial charge on any atom is -0.395 e. The zero-order chi connectivity index (χ0) is 27.1. The first kappa shape index (κ1) is 28.4. The van der Waals surface area contributed by atoms with Crippen molar-refractivity contribution in [3.05, 3.63) is 54.6 Å². The van der Waals surface area contributed by atoms with Crippen molar-refractivity contribution in [2.24, 2.45) is 28.9 Å². The third-order valence-corrected chi connectivity index (χ3v) is 9.11. The van der Waals surface area contributed by atoms with Crippen LogP contribution >= 0.6 is 12.4 Å². The van der Waals surface area contributed by atoms with E-state index in [2.05, 4.69) is 10.6 Å². The lowest BCUT2D eigenvalue weighted by Gasteiger charge is -2.57. The predicted octanol–water partition coefficient (Wildman–Crippen LogP) is 3.51. The molecule has 4 amide bonds. The molecule has 4 fully saturated rings. The van der Waals surface area contributed by atoms with Crippen LogP contribution in [0.5, 0.6) is 0 Å². The van der Waals surface area contributed by atoms with Crippen LogP contribution < -0.4 is 26.2 Å². The Hall–Kier alpha value is -3.14. The number of fused-ring (bicyclic) bond motifs is 1. The molecule has 2 aromatic rings. The standard InChI is InChI=1S/C30H37N5O4.ClH/c31-22(17-36)16-34-24-8-4-5-9-25(24)35(18-30-13-19-10-20(14-30)12-21(11-19)15-30)28(38)26(27(34)37)33-29(39)32-23-6-2-1-3-7-23;/h1-9,19-22,26,36H,10-18,31H2,(H2,32,33,39);1H/t19?,20?,21?,22-,26?,30?;/m1./s1. The van der Waals surface area contributed by atoms with Gasteiger partial charge in [-0.05, 0) is 86.0 Å². The molecule has 9 nitrogen and oxygen atoms in total. The maximum absolute atomic E-state index is 14.3. The fraction of sp³-hybridized carbons (Fsp3) is 0.500. The number of hydrogen-bond donors (Lipinski definition) is 4. The highest BCUT2D eigenvalue weighted by molar-refractivity contribution is 6.21. The van der Waals surface area contributed by atoms with Gasteiger partial charge in [0.2, 0.25) is 0 Å². The summed E-state index contributed by atoms with van der Waals surface area (Å²) in [5, 5.41) is 15.1. The van der Waals surface area contributed by atoms with Crippen molar-refractivity contribution in [1.29, 1.82) is 0 Å². The normalized spacial score (nSPS) is 29.4. The van der Waals surface area contributed by atoms with Gasteiger partial charge in [-0.25, -0.2) is 4.79 Å². The van der Waals surface area contributed by atoms with Gasteiger partial charge in [0.05, 0.1) is 18.0 Å². The first-order chi connectivity index (χ1) is 18.8. The molecule has 1 unspecified atom stereocenters. The lowest BCUT2D eigenvalue weighted by molar-refractivity contribution is -0.129. The number of hydrogen-bond acceptors (Lipinski definition) is 5. The van der Waals surface area contributed by atoms with Crippen molar-refractivity contribution in [2.75, 3.05) is 34.8 Å². The van der Waals surface area contributed by atoms with E-state index in [-0.39, 0.29) is 31.0 Å². The van der Waals surface area contributed by atoms with Gasteiger partial charge >= 0.3 is 6.03 Å². The molecule has 5 N–H and O–H groups in total. The van der Waals surface area contributed by atoms with Gasteiger partial charge in [0.25, 0.3) is 11.8 Å². The second-order valence-electron chi connectivity index (χ2n) is 12.1. The second-order valence-corrected chi connectivity index (χ2v) is 12.1. The first-order valence-corrected chi connectivity index (χ1v) is 14.0. The summed E-state index contributed by atoms with van der Waals surface area (Å²) in [6.45, 7) is 0.227. The molecule has 0 aromatic heterocycles. The summed E-state index contributed by atoms with van der Waals surface area (Å²) in [7, 11) is 0. The number of para-hydroxylation sites is 3. The van der Waals surface area contributed by atoms with Gasteiger partial charge in [-0.1, -0.05) is 30.3 Å². The summed E-state index contributed by atoms with van der Waals surface area (Å²) in [5.74, 6) is 1.12. The van der Waals surface area contributed by atoms with Crippen LogP contribution in [-0.2, 0) is 9.59 Å². The Bertz CT molecular complexity index is 1220. The molecule has 1 heterocycles. The van der Waals surface area contributed by atoms with Gasteiger partial charge in [0, 0.05) is 24.8 Å². The van der Waals surface area contributed by atoms with Crippen LogP contribution in [0.3, 0.4) is 0 Å². The number of aliphatic hydroxyl groups is 1. The lowest BCUT2D eigenvalue weighted by Crippen LogP contribution is -2.59. The third kappa shape index (κ3) is 5.42. The highest BCUT2D eigenvalue weighted by Crippen LogP contribution is 2.60. The van der Waals surface area contributed by atoms with Crippen LogP contribution in [-0.4, -0.2) is 54.7 Å². The Morgan fingerprint density at radius 2 is 1.43 bits per heavy atom. The Kier molecular flexibility index (Phi) is 8.08.